The molecule has 0 saturated heterocycles. The number of benzene rings is 3. The molecule has 42 heavy (non-hydrogen) atoms. The zero-order valence-electron chi connectivity index (χ0n) is 24.8. The largest absolute Gasteiger partial charge is 0.486 e. The van der Waals surface area contributed by atoms with E-state index in [1.807, 2.05) is 82.3 Å². The first-order valence-electron chi connectivity index (χ1n) is 13.9. The molecule has 224 valence electrons. The molecule has 1 aliphatic rings. The van der Waals surface area contributed by atoms with Crippen LogP contribution < -0.4 is 19.1 Å². The van der Waals surface area contributed by atoms with E-state index in [1.165, 1.54) is 4.90 Å². The number of carbonyl (C=O) groups excluding carboxylic acids is 2. The summed E-state index contributed by atoms with van der Waals surface area (Å²) in [4.78, 5) is 29.5. The Morgan fingerprint density at radius 1 is 0.905 bits per heavy atom. The van der Waals surface area contributed by atoms with Crippen LogP contribution in [0, 0.1) is 6.92 Å². The molecule has 2 amide bonds. The number of nitrogens with one attached hydrogen (secondary N) is 1. The van der Waals surface area contributed by atoms with Crippen molar-refractivity contribution in [2.45, 2.75) is 52.2 Å². The molecule has 3 aromatic rings. The van der Waals surface area contributed by atoms with Gasteiger partial charge in [-0.2, -0.15) is 0 Å². The Morgan fingerprint density at radius 2 is 1.55 bits per heavy atom. The standard InChI is InChI=1S/C32H39N3O6S/c1-23-11-13-25(14-12-23)21-34(27(31(37)33-32(2,3)4)19-24-9-7-6-8-10-24)30(36)22-35(42(5,38)39)26-15-16-28-29(20-26)41-18-17-40-28/h6-16,20,27H,17-19,21-22H2,1-5H3,(H,33,37)/t27-/m1/s1. The van der Waals surface area contributed by atoms with E-state index in [0.29, 0.717) is 24.7 Å². The number of hydrogen-bond acceptors (Lipinski definition) is 6. The van der Waals surface area contributed by atoms with E-state index in [4.69, 9.17) is 9.47 Å². The molecule has 0 fully saturated rings. The minimum Gasteiger partial charge on any atom is -0.486 e. The van der Waals surface area contributed by atoms with Crippen LogP contribution in [0.4, 0.5) is 5.69 Å². The molecule has 10 heteroatoms. The summed E-state index contributed by atoms with van der Waals surface area (Å²) in [5, 5.41) is 3.02. The molecule has 0 aromatic heterocycles. The minimum atomic E-state index is -3.90. The third-order valence-electron chi connectivity index (χ3n) is 6.74. The van der Waals surface area contributed by atoms with E-state index in [-0.39, 0.29) is 24.6 Å². The molecule has 1 heterocycles. The summed E-state index contributed by atoms with van der Waals surface area (Å²) < 4.78 is 38.4. The number of fused-ring (bicyclic) bond motifs is 1. The van der Waals surface area contributed by atoms with Crippen LogP contribution >= 0.6 is 0 Å². The molecule has 1 N–H and O–H groups in total. The second-order valence-electron chi connectivity index (χ2n) is 11.5. The van der Waals surface area contributed by atoms with E-state index in [0.717, 1.165) is 27.3 Å². The SMILES string of the molecule is Cc1ccc(CN(C(=O)CN(c2ccc3c(c2)OCCO3)S(C)(=O)=O)[C@H](Cc2ccccc2)C(=O)NC(C)(C)C)cc1. The van der Waals surface area contributed by atoms with Gasteiger partial charge in [0.2, 0.25) is 21.8 Å². The first kappa shape index (κ1) is 30.9. The fourth-order valence-electron chi connectivity index (χ4n) is 4.70. The van der Waals surface area contributed by atoms with E-state index in [2.05, 4.69) is 5.32 Å². The van der Waals surface area contributed by atoms with Gasteiger partial charge in [-0.25, -0.2) is 8.42 Å². The van der Waals surface area contributed by atoms with Crippen LogP contribution in [0.25, 0.3) is 0 Å². The van der Waals surface area contributed by atoms with Gasteiger partial charge in [-0.15, -0.1) is 0 Å². The Balaban J connectivity index is 1.74. The smallest absolute Gasteiger partial charge is 0.244 e. The Kier molecular flexibility index (Phi) is 9.46. The average molecular weight is 594 g/mol. The highest BCUT2D eigenvalue weighted by Gasteiger charge is 2.34. The van der Waals surface area contributed by atoms with Crippen LogP contribution in [0.15, 0.2) is 72.8 Å². The number of hydrogen-bond donors (Lipinski definition) is 1. The molecule has 1 aliphatic heterocycles. The first-order valence-corrected chi connectivity index (χ1v) is 15.7. The molecule has 0 spiro atoms. The number of amides is 2. The lowest BCUT2D eigenvalue weighted by Gasteiger charge is -2.35. The lowest BCUT2D eigenvalue weighted by atomic mass is 10.0. The van der Waals surface area contributed by atoms with Crippen molar-refractivity contribution < 1.29 is 27.5 Å². The predicted octanol–water partition coefficient (Wildman–Crippen LogP) is 4.09. The summed E-state index contributed by atoms with van der Waals surface area (Å²) in [7, 11) is -3.90. The number of anilines is 1. The average Bonchev–Trinajstić information content (AvgIpc) is 2.93. The number of nitrogens with zero attached hydrogens (tertiary/aromatic N) is 2. The van der Waals surface area contributed by atoms with E-state index < -0.39 is 34.1 Å². The molecule has 1 atom stereocenters. The van der Waals surface area contributed by atoms with Gasteiger partial charge in [0.1, 0.15) is 25.8 Å². The number of sulfonamides is 1. The lowest BCUT2D eigenvalue weighted by Crippen LogP contribution is -2.56. The molecule has 0 aliphatic carbocycles. The predicted molar refractivity (Wildman–Crippen MR) is 163 cm³/mol. The quantitative estimate of drug-likeness (QED) is 0.380. The van der Waals surface area contributed by atoms with Gasteiger partial charge in [0.25, 0.3) is 0 Å². The van der Waals surface area contributed by atoms with Gasteiger partial charge in [-0.3, -0.25) is 13.9 Å². The maximum Gasteiger partial charge on any atom is 0.244 e. The van der Waals surface area contributed by atoms with Crippen molar-refractivity contribution >= 4 is 27.5 Å². The van der Waals surface area contributed by atoms with Crippen molar-refractivity contribution in [2.24, 2.45) is 0 Å². The third-order valence-corrected chi connectivity index (χ3v) is 7.88. The third kappa shape index (κ3) is 8.25. The number of aryl methyl sites for hydroxylation is 1. The molecule has 0 saturated carbocycles. The van der Waals surface area contributed by atoms with E-state index >= 15 is 0 Å². The highest BCUT2D eigenvalue weighted by molar-refractivity contribution is 7.92. The lowest BCUT2D eigenvalue weighted by molar-refractivity contribution is -0.140. The molecule has 0 radical (unpaired) electrons. The Labute approximate surface area is 248 Å². The van der Waals surface area contributed by atoms with Crippen molar-refractivity contribution in [1.29, 1.82) is 0 Å². The summed E-state index contributed by atoms with van der Waals surface area (Å²) in [6, 6.07) is 21.0. The van der Waals surface area contributed by atoms with Gasteiger partial charge in [-0.1, -0.05) is 60.2 Å². The second kappa shape index (κ2) is 12.9. The minimum absolute atomic E-state index is 0.118. The molecule has 3 aromatic carbocycles. The molecule has 0 unspecified atom stereocenters. The number of carbonyl (C=O) groups is 2. The molecule has 9 nitrogen and oxygen atoms in total. The second-order valence-corrected chi connectivity index (χ2v) is 13.5. The number of ether oxygens (including phenoxy) is 2. The van der Waals surface area contributed by atoms with Crippen LogP contribution in [0.1, 0.15) is 37.5 Å². The maximum atomic E-state index is 14.2. The number of rotatable bonds is 10. The van der Waals surface area contributed by atoms with Gasteiger partial charge >= 0.3 is 0 Å². The van der Waals surface area contributed by atoms with Crippen molar-refractivity contribution in [2.75, 3.05) is 30.3 Å². The monoisotopic (exact) mass is 593 g/mol. The van der Waals surface area contributed by atoms with Crippen molar-refractivity contribution in [3.8, 4) is 11.5 Å². The van der Waals surface area contributed by atoms with Crippen LogP contribution in [0.2, 0.25) is 0 Å². The van der Waals surface area contributed by atoms with Crippen molar-refractivity contribution in [1.82, 2.24) is 10.2 Å². The van der Waals surface area contributed by atoms with E-state index in [9.17, 15) is 18.0 Å². The fourth-order valence-corrected chi connectivity index (χ4v) is 5.54. The van der Waals surface area contributed by atoms with Crippen LogP contribution in [-0.4, -0.2) is 62.7 Å². The molecule has 4 rings (SSSR count). The molecular formula is C32H39N3O6S. The normalized spacial score (nSPS) is 13.6. The maximum absolute atomic E-state index is 14.2. The fraction of sp³-hybridized carbons (Fsp3) is 0.375. The first-order chi connectivity index (χ1) is 19.8. The van der Waals surface area contributed by atoms with Gasteiger partial charge in [0.05, 0.1) is 11.9 Å². The summed E-state index contributed by atoms with van der Waals surface area (Å²) in [5.41, 5.74) is 2.48. The zero-order chi connectivity index (χ0) is 30.5. The topological polar surface area (TPSA) is 105 Å². The summed E-state index contributed by atoms with van der Waals surface area (Å²) in [6.07, 6.45) is 1.30. The Hall–Kier alpha value is -4.05. The van der Waals surface area contributed by atoms with Crippen LogP contribution in [0.5, 0.6) is 11.5 Å². The molecular weight excluding hydrogens is 554 g/mol. The van der Waals surface area contributed by atoms with Crippen LogP contribution in [-0.2, 0) is 32.6 Å². The van der Waals surface area contributed by atoms with Crippen molar-refractivity contribution in [3.05, 3.63) is 89.5 Å². The highest BCUT2D eigenvalue weighted by atomic mass is 32.2. The Bertz CT molecular complexity index is 1500. The van der Waals surface area contributed by atoms with Crippen molar-refractivity contribution in [3.63, 3.8) is 0 Å². The van der Waals surface area contributed by atoms with Crippen LogP contribution in [0.3, 0.4) is 0 Å². The van der Waals surface area contributed by atoms with Gasteiger partial charge in [0, 0.05) is 24.6 Å². The van der Waals surface area contributed by atoms with E-state index in [1.54, 1.807) is 18.2 Å². The molecule has 0 bridgehead atoms. The van der Waals surface area contributed by atoms with Gasteiger partial charge in [0.15, 0.2) is 11.5 Å². The van der Waals surface area contributed by atoms with Gasteiger partial charge < -0.3 is 19.7 Å². The van der Waals surface area contributed by atoms with Gasteiger partial charge in [-0.05, 0) is 51.0 Å². The summed E-state index contributed by atoms with van der Waals surface area (Å²) in [5.74, 6) is 0.0772. The highest BCUT2D eigenvalue weighted by Crippen LogP contribution is 2.34. The Morgan fingerprint density at radius 3 is 2.17 bits per heavy atom. The zero-order valence-corrected chi connectivity index (χ0v) is 25.6. The summed E-state index contributed by atoms with van der Waals surface area (Å²) >= 11 is 0. The summed E-state index contributed by atoms with van der Waals surface area (Å²) in [6.45, 7) is 7.96.